The zero-order chi connectivity index (χ0) is 26.5. The van der Waals surface area contributed by atoms with Crippen LogP contribution in [0.15, 0.2) is 41.6 Å². The van der Waals surface area contributed by atoms with E-state index in [1.54, 1.807) is 26.2 Å². The minimum atomic E-state index is -0.408. The van der Waals surface area contributed by atoms with Crippen molar-refractivity contribution in [3.8, 4) is 11.5 Å². The molecule has 0 saturated heterocycles. The van der Waals surface area contributed by atoms with Crippen molar-refractivity contribution < 1.29 is 23.8 Å². The van der Waals surface area contributed by atoms with Crippen molar-refractivity contribution in [2.45, 2.75) is 39.7 Å². The zero-order valence-electron chi connectivity index (χ0n) is 22.4. The maximum Gasteiger partial charge on any atom is 0.262 e. The molecule has 1 aliphatic rings. The first-order chi connectivity index (χ1) is 17.1. The monoisotopic (exact) mass is 498 g/mol. The second-order valence-electron chi connectivity index (χ2n) is 10.2. The van der Waals surface area contributed by atoms with Crippen LogP contribution in [0.4, 0.5) is 0 Å². The Kier molecular flexibility index (Phi) is 8.79. The molecule has 2 heterocycles. The second kappa shape index (κ2) is 11.6. The SMILES string of the molecule is COCCN(CC(=O)N1N=C(c2cccn2C)C[C@H]1c1cc(OC)ccc1OC)C(=O)CC(C)(C)C. The number of aromatic nitrogens is 1. The Morgan fingerprint density at radius 1 is 1.14 bits per heavy atom. The molecule has 196 valence electrons. The number of carbonyl (C=O) groups is 2. The Hall–Kier alpha value is -3.33. The first-order valence-electron chi connectivity index (χ1n) is 12.1. The van der Waals surface area contributed by atoms with Crippen LogP contribution >= 0.6 is 0 Å². The Bertz CT molecular complexity index is 1100. The third-order valence-electron chi connectivity index (χ3n) is 6.13. The van der Waals surface area contributed by atoms with Gasteiger partial charge in [-0.15, -0.1) is 0 Å². The van der Waals surface area contributed by atoms with Crippen LogP contribution in [0.5, 0.6) is 11.5 Å². The number of hydrazone groups is 1. The summed E-state index contributed by atoms with van der Waals surface area (Å²) >= 11 is 0. The van der Waals surface area contributed by atoms with Gasteiger partial charge in [0.15, 0.2) is 0 Å². The van der Waals surface area contributed by atoms with Crippen LogP contribution in [0.2, 0.25) is 0 Å². The summed E-state index contributed by atoms with van der Waals surface area (Å²) in [5.74, 6) is 0.941. The van der Waals surface area contributed by atoms with Gasteiger partial charge in [0.25, 0.3) is 5.91 Å². The number of nitrogens with zero attached hydrogens (tertiary/aromatic N) is 4. The van der Waals surface area contributed by atoms with E-state index in [-0.39, 0.29) is 23.8 Å². The van der Waals surface area contributed by atoms with E-state index in [1.807, 2.05) is 68.9 Å². The number of carbonyl (C=O) groups excluding carboxylic acids is 2. The molecule has 9 heteroatoms. The molecular formula is C27H38N4O5. The Morgan fingerprint density at radius 3 is 2.47 bits per heavy atom. The van der Waals surface area contributed by atoms with E-state index in [4.69, 9.17) is 19.3 Å². The van der Waals surface area contributed by atoms with Crippen LogP contribution in [-0.2, 0) is 21.4 Å². The molecule has 0 bridgehead atoms. The lowest BCUT2D eigenvalue weighted by atomic mass is 9.91. The molecule has 1 atom stereocenters. The average Bonchev–Trinajstić information content (AvgIpc) is 3.46. The molecule has 0 saturated carbocycles. The van der Waals surface area contributed by atoms with Crippen molar-refractivity contribution in [3.63, 3.8) is 0 Å². The van der Waals surface area contributed by atoms with E-state index in [2.05, 4.69) is 0 Å². The van der Waals surface area contributed by atoms with Crippen molar-refractivity contribution in [2.24, 2.45) is 17.6 Å². The van der Waals surface area contributed by atoms with Gasteiger partial charge in [-0.2, -0.15) is 5.10 Å². The summed E-state index contributed by atoms with van der Waals surface area (Å²) in [6, 6.07) is 9.04. The van der Waals surface area contributed by atoms with Crippen LogP contribution < -0.4 is 9.47 Å². The topological polar surface area (TPSA) is 85.6 Å². The number of hydrogen-bond acceptors (Lipinski definition) is 6. The highest BCUT2D eigenvalue weighted by Gasteiger charge is 2.37. The first kappa shape index (κ1) is 27.3. The third kappa shape index (κ3) is 6.46. The normalized spacial score (nSPS) is 15.6. The van der Waals surface area contributed by atoms with E-state index in [9.17, 15) is 9.59 Å². The fourth-order valence-electron chi connectivity index (χ4n) is 4.29. The molecule has 1 aliphatic heterocycles. The van der Waals surface area contributed by atoms with Crippen LogP contribution in [0.1, 0.15) is 50.9 Å². The number of methoxy groups -OCH3 is 3. The van der Waals surface area contributed by atoms with Gasteiger partial charge >= 0.3 is 0 Å². The fourth-order valence-corrected chi connectivity index (χ4v) is 4.29. The largest absolute Gasteiger partial charge is 0.497 e. The summed E-state index contributed by atoms with van der Waals surface area (Å²) in [5.41, 5.74) is 2.31. The van der Waals surface area contributed by atoms with Crippen LogP contribution in [0.25, 0.3) is 0 Å². The second-order valence-corrected chi connectivity index (χ2v) is 10.2. The first-order valence-corrected chi connectivity index (χ1v) is 12.1. The van der Waals surface area contributed by atoms with Gasteiger partial charge in [0.1, 0.15) is 18.0 Å². The summed E-state index contributed by atoms with van der Waals surface area (Å²) in [4.78, 5) is 28.4. The number of benzene rings is 1. The minimum Gasteiger partial charge on any atom is -0.497 e. The zero-order valence-corrected chi connectivity index (χ0v) is 22.4. The summed E-state index contributed by atoms with van der Waals surface area (Å²) < 4.78 is 18.3. The molecule has 0 spiro atoms. The molecule has 0 unspecified atom stereocenters. The Labute approximate surface area is 213 Å². The van der Waals surface area contributed by atoms with Crippen LogP contribution in [-0.4, -0.2) is 73.0 Å². The lowest BCUT2D eigenvalue weighted by Gasteiger charge is -2.29. The lowest BCUT2D eigenvalue weighted by molar-refractivity contribution is -0.143. The van der Waals surface area contributed by atoms with Crippen molar-refractivity contribution in [2.75, 3.05) is 41.0 Å². The van der Waals surface area contributed by atoms with Gasteiger partial charge in [0.2, 0.25) is 5.91 Å². The summed E-state index contributed by atoms with van der Waals surface area (Å²) in [6.07, 6.45) is 2.78. The number of rotatable bonds is 10. The molecule has 1 aromatic heterocycles. The lowest BCUT2D eigenvalue weighted by Crippen LogP contribution is -2.43. The number of ether oxygens (including phenoxy) is 3. The standard InChI is InChI=1S/C27H38N4O5/c1-27(2,3)17-25(32)30(13-14-34-5)18-26(33)31-23(16-21(28-31)22-9-8-12-29(22)4)20-15-19(35-6)10-11-24(20)36-7/h8-12,15,23H,13-14,16-18H2,1-7H3/t23-/m0/s1. The highest BCUT2D eigenvalue weighted by atomic mass is 16.5. The van der Waals surface area contributed by atoms with Crippen molar-refractivity contribution in [1.29, 1.82) is 0 Å². The predicted octanol–water partition coefficient (Wildman–Crippen LogP) is 3.63. The molecule has 0 N–H and O–H groups in total. The molecular weight excluding hydrogens is 460 g/mol. The molecule has 2 aromatic rings. The number of hydrogen-bond donors (Lipinski definition) is 0. The van der Waals surface area contributed by atoms with E-state index < -0.39 is 6.04 Å². The summed E-state index contributed by atoms with van der Waals surface area (Å²) in [7, 11) is 6.73. The van der Waals surface area contributed by atoms with Crippen molar-refractivity contribution in [3.05, 3.63) is 47.8 Å². The highest BCUT2D eigenvalue weighted by molar-refractivity contribution is 6.02. The van der Waals surface area contributed by atoms with Gasteiger partial charge in [0, 0.05) is 45.3 Å². The van der Waals surface area contributed by atoms with Gasteiger partial charge < -0.3 is 23.7 Å². The number of aryl methyl sites for hydroxylation is 1. The molecule has 36 heavy (non-hydrogen) atoms. The molecule has 0 aliphatic carbocycles. The van der Waals surface area contributed by atoms with E-state index in [0.717, 1.165) is 17.0 Å². The molecule has 9 nitrogen and oxygen atoms in total. The van der Waals surface area contributed by atoms with Gasteiger partial charge in [-0.05, 0) is 35.7 Å². The quantitative estimate of drug-likeness (QED) is 0.499. The smallest absolute Gasteiger partial charge is 0.262 e. The van der Waals surface area contributed by atoms with Crippen molar-refractivity contribution in [1.82, 2.24) is 14.5 Å². The molecule has 2 amide bonds. The van der Waals surface area contributed by atoms with E-state index >= 15 is 0 Å². The van der Waals surface area contributed by atoms with Gasteiger partial charge in [0.05, 0.1) is 38.3 Å². The maximum absolute atomic E-state index is 13.7. The average molecular weight is 499 g/mol. The molecule has 3 rings (SSSR count). The van der Waals surface area contributed by atoms with Crippen LogP contribution in [0.3, 0.4) is 0 Å². The molecule has 1 aromatic carbocycles. The number of amides is 2. The van der Waals surface area contributed by atoms with Gasteiger partial charge in [-0.25, -0.2) is 5.01 Å². The maximum atomic E-state index is 13.7. The van der Waals surface area contributed by atoms with Crippen molar-refractivity contribution >= 4 is 17.5 Å². The third-order valence-corrected chi connectivity index (χ3v) is 6.13. The summed E-state index contributed by atoms with van der Waals surface area (Å²) in [5, 5.41) is 6.25. The fraction of sp³-hybridized carbons (Fsp3) is 0.519. The van der Waals surface area contributed by atoms with Crippen LogP contribution in [0, 0.1) is 5.41 Å². The Morgan fingerprint density at radius 2 is 1.89 bits per heavy atom. The molecule has 0 fully saturated rings. The highest BCUT2D eigenvalue weighted by Crippen LogP contribution is 2.39. The minimum absolute atomic E-state index is 0.0887. The molecule has 0 radical (unpaired) electrons. The Balaban J connectivity index is 1.97. The van der Waals surface area contributed by atoms with E-state index in [0.29, 0.717) is 37.5 Å². The van der Waals surface area contributed by atoms with Gasteiger partial charge in [-0.1, -0.05) is 20.8 Å². The van der Waals surface area contributed by atoms with Gasteiger partial charge in [-0.3, -0.25) is 9.59 Å². The van der Waals surface area contributed by atoms with E-state index in [1.165, 1.54) is 5.01 Å². The predicted molar refractivity (Wildman–Crippen MR) is 138 cm³/mol. The summed E-state index contributed by atoms with van der Waals surface area (Å²) in [6.45, 7) is 6.58.